The topological polar surface area (TPSA) is 84.5 Å². The van der Waals surface area contributed by atoms with E-state index in [1.54, 1.807) is 42.5 Å². The molecule has 0 atom stereocenters. The van der Waals surface area contributed by atoms with Crippen LogP contribution in [0.4, 0.5) is 11.4 Å². The number of nitrogens with one attached hydrogen (secondary N) is 2. The number of ether oxygens (including phenoxy) is 1. The number of carbonyl (C=O) groups is 1. The lowest BCUT2D eigenvalue weighted by Gasteiger charge is -2.15. The molecule has 0 fully saturated rings. The Morgan fingerprint density at radius 2 is 1.67 bits per heavy atom. The van der Waals surface area contributed by atoms with Crippen molar-refractivity contribution < 1.29 is 17.9 Å². The number of rotatable bonds is 7. The number of sulfonamides is 1. The van der Waals surface area contributed by atoms with E-state index in [4.69, 9.17) is 4.74 Å². The van der Waals surface area contributed by atoms with E-state index in [0.717, 1.165) is 11.1 Å². The maximum absolute atomic E-state index is 12.9. The lowest BCUT2D eigenvalue weighted by Crippen LogP contribution is -2.16. The van der Waals surface area contributed by atoms with Gasteiger partial charge in [-0.2, -0.15) is 0 Å². The van der Waals surface area contributed by atoms with Crippen molar-refractivity contribution in [2.45, 2.75) is 25.7 Å². The van der Waals surface area contributed by atoms with Crippen molar-refractivity contribution in [1.29, 1.82) is 0 Å². The second kappa shape index (κ2) is 9.00. The first kappa shape index (κ1) is 21.4. The number of hydrogen-bond acceptors (Lipinski definition) is 4. The average molecular weight is 425 g/mol. The highest BCUT2D eigenvalue weighted by Gasteiger charge is 2.19. The van der Waals surface area contributed by atoms with Gasteiger partial charge in [-0.25, -0.2) is 8.42 Å². The van der Waals surface area contributed by atoms with Gasteiger partial charge < -0.3 is 10.1 Å². The zero-order valence-corrected chi connectivity index (χ0v) is 17.9. The maximum Gasteiger partial charge on any atom is 0.261 e. The Morgan fingerprint density at radius 3 is 2.33 bits per heavy atom. The molecule has 0 saturated carbocycles. The molecule has 0 heterocycles. The largest absolute Gasteiger partial charge is 0.492 e. The molecule has 0 unspecified atom stereocenters. The van der Waals surface area contributed by atoms with Crippen LogP contribution in [-0.4, -0.2) is 20.9 Å². The fourth-order valence-electron chi connectivity index (χ4n) is 2.86. The van der Waals surface area contributed by atoms with Gasteiger partial charge in [-0.05, 0) is 74.4 Å². The molecule has 0 aliphatic rings. The van der Waals surface area contributed by atoms with Crippen molar-refractivity contribution >= 4 is 27.3 Å². The van der Waals surface area contributed by atoms with Crippen molar-refractivity contribution in [3.05, 3.63) is 83.4 Å². The molecule has 3 rings (SSSR count). The van der Waals surface area contributed by atoms with Gasteiger partial charge in [0.2, 0.25) is 0 Å². The van der Waals surface area contributed by atoms with E-state index in [9.17, 15) is 13.2 Å². The summed E-state index contributed by atoms with van der Waals surface area (Å²) >= 11 is 0. The van der Waals surface area contributed by atoms with E-state index in [2.05, 4.69) is 10.0 Å². The minimum absolute atomic E-state index is 0.0209. The lowest BCUT2D eigenvalue weighted by atomic mass is 10.1. The molecule has 0 spiro atoms. The van der Waals surface area contributed by atoms with E-state index in [1.807, 2.05) is 32.9 Å². The van der Waals surface area contributed by atoms with Gasteiger partial charge in [0.1, 0.15) is 5.75 Å². The van der Waals surface area contributed by atoms with E-state index < -0.39 is 10.0 Å². The van der Waals surface area contributed by atoms with E-state index in [1.165, 1.54) is 12.1 Å². The minimum Gasteiger partial charge on any atom is -0.492 e. The predicted octanol–water partition coefficient (Wildman–Crippen LogP) is 4.76. The van der Waals surface area contributed by atoms with E-state index in [0.29, 0.717) is 23.6 Å². The fourth-order valence-corrected chi connectivity index (χ4v) is 3.93. The highest BCUT2D eigenvalue weighted by Crippen LogP contribution is 2.29. The van der Waals surface area contributed by atoms with Crippen LogP contribution >= 0.6 is 0 Å². The summed E-state index contributed by atoms with van der Waals surface area (Å²) < 4.78 is 34.0. The van der Waals surface area contributed by atoms with Gasteiger partial charge in [-0.3, -0.25) is 9.52 Å². The summed E-state index contributed by atoms with van der Waals surface area (Å²) in [5.41, 5.74) is 3.28. The Kier molecular flexibility index (Phi) is 6.42. The Bertz CT molecular complexity index is 1160. The molecule has 6 nitrogen and oxygen atoms in total. The van der Waals surface area contributed by atoms with Crippen LogP contribution < -0.4 is 14.8 Å². The maximum atomic E-state index is 12.9. The van der Waals surface area contributed by atoms with Crippen LogP contribution in [-0.2, 0) is 10.0 Å². The summed E-state index contributed by atoms with van der Waals surface area (Å²) in [6.45, 7) is 6.07. The van der Waals surface area contributed by atoms with Gasteiger partial charge in [0.05, 0.1) is 17.2 Å². The third kappa shape index (κ3) is 4.99. The average Bonchev–Trinajstić information content (AvgIpc) is 2.72. The molecular formula is C23H24N2O4S. The van der Waals surface area contributed by atoms with E-state index in [-0.39, 0.29) is 16.5 Å². The monoisotopic (exact) mass is 424 g/mol. The number of benzene rings is 3. The zero-order valence-electron chi connectivity index (χ0n) is 17.1. The quantitative estimate of drug-likeness (QED) is 0.573. The molecule has 0 aromatic heterocycles. The molecule has 0 bridgehead atoms. The molecule has 1 amide bonds. The first-order valence-electron chi connectivity index (χ1n) is 9.53. The molecule has 0 saturated heterocycles. The van der Waals surface area contributed by atoms with Crippen LogP contribution in [0.5, 0.6) is 5.75 Å². The molecule has 3 aromatic rings. The summed E-state index contributed by atoms with van der Waals surface area (Å²) in [5.74, 6) is 0.0418. The predicted molar refractivity (Wildman–Crippen MR) is 119 cm³/mol. The van der Waals surface area contributed by atoms with Gasteiger partial charge in [0.25, 0.3) is 15.9 Å². The second-order valence-corrected chi connectivity index (χ2v) is 8.50. The summed E-state index contributed by atoms with van der Waals surface area (Å²) in [6, 6.07) is 18.4. The first-order valence-corrected chi connectivity index (χ1v) is 11.0. The number of amides is 1. The molecule has 0 radical (unpaired) electrons. The normalized spacial score (nSPS) is 11.0. The number of anilines is 2. The Morgan fingerprint density at radius 1 is 0.933 bits per heavy atom. The second-order valence-electron chi connectivity index (χ2n) is 6.82. The van der Waals surface area contributed by atoms with Gasteiger partial charge in [-0.15, -0.1) is 0 Å². The molecule has 2 N–H and O–H groups in total. The van der Waals surface area contributed by atoms with Crippen molar-refractivity contribution in [3.63, 3.8) is 0 Å². The Hall–Kier alpha value is -3.32. The van der Waals surface area contributed by atoms with Crippen LogP contribution in [0.2, 0.25) is 0 Å². The molecule has 156 valence electrons. The van der Waals surface area contributed by atoms with Crippen LogP contribution in [0, 0.1) is 13.8 Å². The Labute approximate surface area is 177 Å². The molecular weight excluding hydrogens is 400 g/mol. The van der Waals surface area contributed by atoms with Crippen LogP contribution in [0.15, 0.2) is 71.6 Å². The molecule has 0 aliphatic carbocycles. The standard InChI is InChI=1S/C23H24N2O4S/c1-4-29-22-13-12-20(15-21(22)24-23(26)18-8-6-5-7-9-18)30(27,28)25-19-11-10-16(2)17(3)14-19/h5-15,25H,4H2,1-3H3,(H,24,26). The Balaban J connectivity index is 1.92. The van der Waals surface area contributed by atoms with Gasteiger partial charge in [0.15, 0.2) is 0 Å². The van der Waals surface area contributed by atoms with Crippen molar-refractivity contribution in [1.82, 2.24) is 0 Å². The summed E-state index contributed by atoms with van der Waals surface area (Å²) in [6.07, 6.45) is 0. The molecule has 30 heavy (non-hydrogen) atoms. The number of hydrogen-bond donors (Lipinski definition) is 2. The summed E-state index contributed by atoms with van der Waals surface area (Å²) in [7, 11) is -3.85. The lowest BCUT2D eigenvalue weighted by molar-refractivity contribution is 0.102. The SMILES string of the molecule is CCOc1ccc(S(=O)(=O)Nc2ccc(C)c(C)c2)cc1NC(=O)c1ccccc1. The van der Waals surface area contributed by atoms with Crippen LogP contribution in [0.25, 0.3) is 0 Å². The minimum atomic E-state index is -3.85. The summed E-state index contributed by atoms with van der Waals surface area (Å²) in [4.78, 5) is 12.6. The van der Waals surface area contributed by atoms with Crippen molar-refractivity contribution in [3.8, 4) is 5.75 Å². The van der Waals surface area contributed by atoms with Crippen molar-refractivity contribution in [2.75, 3.05) is 16.6 Å². The number of carbonyl (C=O) groups excluding carboxylic acids is 1. The first-order chi connectivity index (χ1) is 14.3. The fraction of sp³-hybridized carbons (Fsp3) is 0.174. The van der Waals surface area contributed by atoms with Gasteiger partial charge in [0, 0.05) is 11.3 Å². The molecule has 0 aliphatic heterocycles. The zero-order chi connectivity index (χ0) is 21.7. The smallest absolute Gasteiger partial charge is 0.261 e. The van der Waals surface area contributed by atoms with Crippen molar-refractivity contribution in [2.24, 2.45) is 0 Å². The molecule has 3 aromatic carbocycles. The van der Waals surface area contributed by atoms with Crippen LogP contribution in [0.3, 0.4) is 0 Å². The summed E-state index contributed by atoms with van der Waals surface area (Å²) in [5, 5.41) is 2.75. The van der Waals surface area contributed by atoms with Crippen LogP contribution in [0.1, 0.15) is 28.4 Å². The van der Waals surface area contributed by atoms with Gasteiger partial charge >= 0.3 is 0 Å². The third-order valence-corrected chi connectivity index (χ3v) is 5.98. The van der Waals surface area contributed by atoms with Gasteiger partial charge in [-0.1, -0.05) is 24.3 Å². The number of aryl methyl sites for hydroxylation is 2. The van der Waals surface area contributed by atoms with E-state index >= 15 is 0 Å². The third-order valence-electron chi connectivity index (χ3n) is 4.60. The molecule has 7 heteroatoms. The highest BCUT2D eigenvalue weighted by atomic mass is 32.2. The highest BCUT2D eigenvalue weighted by molar-refractivity contribution is 7.92.